The van der Waals surface area contributed by atoms with Gasteiger partial charge < -0.3 is 10.0 Å². The first-order valence-corrected chi connectivity index (χ1v) is 6.66. The molecule has 0 saturated heterocycles. The first-order valence-electron chi connectivity index (χ1n) is 6.66. The quantitative estimate of drug-likeness (QED) is 0.471. The summed E-state index contributed by atoms with van der Waals surface area (Å²) in [6, 6.07) is 0. The van der Waals surface area contributed by atoms with E-state index in [1.807, 2.05) is 0 Å². The number of carbonyl (C=O) groups is 1. The van der Waals surface area contributed by atoms with Gasteiger partial charge in [0.25, 0.3) is 0 Å². The second-order valence-electron chi connectivity index (χ2n) is 4.70. The fraction of sp³-hybridized carbons (Fsp3) is 0.786. The van der Waals surface area contributed by atoms with Crippen LogP contribution < -0.4 is 0 Å². The van der Waals surface area contributed by atoms with E-state index in [1.54, 1.807) is 13.0 Å². The highest BCUT2D eigenvalue weighted by molar-refractivity contribution is 5.85. The second-order valence-corrected chi connectivity index (χ2v) is 4.70. The molecular formula is C14H27NO2. The van der Waals surface area contributed by atoms with Crippen molar-refractivity contribution in [3.63, 3.8) is 0 Å². The van der Waals surface area contributed by atoms with Crippen LogP contribution in [-0.4, -0.2) is 36.1 Å². The molecule has 1 N–H and O–H groups in total. The van der Waals surface area contributed by atoms with Crippen molar-refractivity contribution in [3.8, 4) is 0 Å². The summed E-state index contributed by atoms with van der Waals surface area (Å²) in [5, 5.41) is 8.69. The van der Waals surface area contributed by atoms with E-state index in [0.717, 1.165) is 19.5 Å². The van der Waals surface area contributed by atoms with E-state index in [9.17, 15) is 4.79 Å². The minimum Gasteiger partial charge on any atom is -0.478 e. The van der Waals surface area contributed by atoms with Crippen molar-refractivity contribution in [2.24, 2.45) is 0 Å². The molecule has 0 rings (SSSR count). The van der Waals surface area contributed by atoms with Gasteiger partial charge >= 0.3 is 5.97 Å². The first-order chi connectivity index (χ1) is 8.07. The molecule has 3 heteroatoms. The summed E-state index contributed by atoms with van der Waals surface area (Å²) in [7, 11) is 2.10. The Morgan fingerprint density at radius 3 is 2.41 bits per heavy atom. The molecular weight excluding hydrogens is 214 g/mol. The third-order valence-corrected chi connectivity index (χ3v) is 2.94. The normalized spacial score (nSPS) is 12.1. The summed E-state index contributed by atoms with van der Waals surface area (Å²) < 4.78 is 0. The van der Waals surface area contributed by atoms with E-state index in [0.29, 0.717) is 5.57 Å². The van der Waals surface area contributed by atoms with Crippen LogP contribution in [0, 0.1) is 0 Å². The summed E-state index contributed by atoms with van der Waals surface area (Å²) in [5.74, 6) is -0.813. The lowest BCUT2D eigenvalue weighted by Gasteiger charge is -2.15. The molecule has 0 bridgehead atoms. The Morgan fingerprint density at radius 2 is 1.82 bits per heavy atom. The molecule has 0 fully saturated rings. The number of aliphatic carboxylic acids is 1. The fourth-order valence-electron chi connectivity index (χ4n) is 1.69. The summed E-state index contributed by atoms with van der Waals surface area (Å²) >= 11 is 0. The molecule has 17 heavy (non-hydrogen) atoms. The van der Waals surface area contributed by atoms with Crippen molar-refractivity contribution in [2.75, 3.05) is 20.1 Å². The number of hydrogen-bond acceptors (Lipinski definition) is 2. The first kappa shape index (κ1) is 16.2. The van der Waals surface area contributed by atoms with E-state index in [1.165, 1.54) is 32.1 Å². The van der Waals surface area contributed by atoms with Gasteiger partial charge in [-0.05, 0) is 33.4 Å². The average molecular weight is 241 g/mol. The lowest BCUT2D eigenvalue weighted by Crippen LogP contribution is -2.20. The fourth-order valence-corrected chi connectivity index (χ4v) is 1.69. The van der Waals surface area contributed by atoms with E-state index >= 15 is 0 Å². The number of nitrogens with zero attached hydrogens (tertiary/aromatic N) is 1. The van der Waals surface area contributed by atoms with Crippen LogP contribution in [0.25, 0.3) is 0 Å². The molecule has 3 nitrogen and oxygen atoms in total. The molecule has 0 aromatic carbocycles. The third-order valence-electron chi connectivity index (χ3n) is 2.94. The standard InChI is InChI=1S/C14H27NO2/c1-4-5-6-7-8-11-15(3)12-9-10-13(2)14(16)17/h10H,4-9,11-12H2,1-3H3,(H,16,17). The minimum absolute atomic E-state index is 0.446. The maximum absolute atomic E-state index is 10.6. The molecule has 0 saturated carbocycles. The topological polar surface area (TPSA) is 40.5 Å². The average Bonchev–Trinajstić information content (AvgIpc) is 2.28. The number of unbranched alkanes of at least 4 members (excludes halogenated alkanes) is 4. The van der Waals surface area contributed by atoms with Crippen LogP contribution in [0.5, 0.6) is 0 Å². The largest absolute Gasteiger partial charge is 0.478 e. The Morgan fingerprint density at radius 1 is 1.18 bits per heavy atom. The molecule has 0 amide bonds. The molecule has 0 spiro atoms. The maximum Gasteiger partial charge on any atom is 0.330 e. The highest BCUT2D eigenvalue weighted by atomic mass is 16.4. The summed E-state index contributed by atoms with van der Waals surface area (Å²) in [5.41, 5.74) is 0.446. The van der Waals surface area contributed by atoms with Crippen LogP contribution in [0.1, 0.15) is 52.4 Å². The minimum atomic E-state index is -0.813. The zero-order valence-corrected chi connectivity index (χ0v) is 11.5. The van der Waals surface area contributed by atoms with Gasteiger partial charge in [-0.1, -0.05) is 38.7 Å². The lowest BCUT2D eigenvalue weighted by molar-refractivity contribution is -0.132. The van der Waals surface area contributed by atoms with Crippen LogP contribution in [0.3, 0.4) is 0 Å². The maximum atomic E-state index is 10.6. The van der Waals surface area contributed by atoms with Gasteiger partial charge in [-0.15, -0.1) is 0 Å². The van der Waals surface area contributed by atoms with Crippen molar-refractivity contribution in [3.05, 3.63) is 11.6 Å². The molecule has 0 heterocycles. The third kappa shape index (κ3) is 10.1. The van der Waals surface area contributed by atoms with Gasteiger partial charge in [0.1, 0.15) is 0 Å². The van der Waals surface area contributed by atoms with E-state index in [4.69, 9.17) is 5.11 Å². The smallest absolute Gasteiger partial charge is 0.330 e. The molecule has 0 aliphatic carbocycles. The van der Waals surface area contributed by atoms with E-state index in [-0.39, 0.29) is 0 Å². The molecule has 0 aliphatic heterocycles. The molecule has 0 aliphatic rings. The van der Waals surface area contributed by atoms with Gasteiger partial charge in [-0.25, -0.2) is 4.79 Å². The van der Waals surface area contributed by atoms with Gasteiger partial charge in [-0.3, -0.25) is 0 Å². The Kier molecular flexibility index (Phi) is 9.83. The summed E-state index contributed by atoms with van der Waals surface area (Å²) in [6.07, 6.45) is 9.14. The molecule has 0 unspecified atom stereocenters. The van der Waals surface area contributed by atoms with Gasteiger partial charge in [0.05, 0.1) is 0 Å². The summed E-state index contributed by atoms with van der Waals surface area (Å²) in [6.45, 7) is 5.93. The van der Waals surface area contributed by atoms with Crippen LogP contribution in [0.15, 0.2) is 11.6 Å². The van der Waals surface area contributed by atoms with Crippen molar-refractivity contribution in [1.29, 1.82) is 0 Å². The van der Waals surface area contributed by atoms with Gasteiger partial charge in [-0.2, -0.15) is 0 Å². The number of rotatable bonds is 10. The predicted molar refractivity (Wildman–Crippen MR) is 72.3 cm³/mol. The Bertz CT molecular complexity index is 236. The van der Waals surface area contributed by atoms with Crippen LogP contribution in [-0.2, 0) is 4.79 Å². The molecule has 0 aromatic rings. The van der Waals surface area contributed by atoms with E-state index in [2.05, 4.69) is 18.9 Å². The Hall–Kier alpha value is -0.830. The zero-order chi connectivity index (χ0) is 13.1. The van der Waals surface area contributed by atoms with Gasteiger partial charge in [0.2, 0.25) is 0 Å². The lowest BCUT2D eigenvalue weighted by atomic mass is 10.1. The highest BCUT2D eigenvalue weighted by Crippen LogP contribution is 2.04. The zero-order valence-electron chi connectivity index (χ0n) is 11.5. The molecule has 100 valence electrons. The monoisotopic (exact) mass is 241 g/mol. The van der Waals surface area contributed by atoms with E-state index < -0.39 is 5.97 Å². The van der Waals surface area contributed by atoms with Crippen molar-refractivity contribution >= 4 is 5.97 Å². The predicted octanol–water partition coefficient (Wildman–Crippen LogP) is 3.31. The molecule has 0 radical (unpaired) electrons. The molecule has 0 atom stereocenters. The Balaban J connectivity index is 3.49. The molecule has 0 aromatic heterocycles. The van der Waals surface area contributed by atoms with Gasteiger partial charge in [0, 0.05) is 12.1 Å². The van der Waals surface area contributed by atoms with Crippen LogP contribution in [0.2, 0.25) is 0 Å². The summed E-state index contributed by atoms with van der Waals surface area (Å²) in [4.78, 5) is 12.8. The number of carboxylic acids is 1. The second kappa shape index (κ2) is 10.3. The van der Waals surface area contributed by atoms with Crippen LogP contribution >= 0.6 is 0 Å². The van der Waals surface area contributed by atoms with Crippen molar-refractivity contribution in [2.45, 2.75) is 52.4 Å². The van der Waals surface area contributed by atoms with Gasteiger partial charge in [0.15, 0.2) is 0 Å². The SMILES string of the molecule is CCCCCCCN(C)CCC=C(C)C(=O)O. The number of hydrogen-bond donors (Lipinski definition) is 1. The number of carboxylic acid groups (broad SMARTS) is 1. The van der Waals surface area contributed by atoms with Crippen LogP contribution in [0.4, 0.5) is 0 Å². The van der Waals surface area contributed by atoms with Crippen molar-refractivity contribution in [1.82, 2.24) is 4.90 Å². The highest BCUT2D eigenvalue weighted by Gasteiger charge is 2.00. The van der Waals surface area contributed by atoms with Crippen molar-refractivity contribution < 1.29 is 9.90 Å². The Labute approximate surface area is 106 Å².